The Kier molecular flexibility index (Phi) is 9.28. The van der Waals surface area contributed by atoms with Crippen LogP contribution >= 0.6 is 7.60 Å². The molecule has 0 spiro atoms. The molecule has 108 valence electrons. The number of carbonyl (C=O) groups is 1. The highest BCUT2D eigenvalue weighted by Gasteiger charge is 2.21. The lowest BCUT2D eigenvalue weighted by molar-refractivity contribution is -0.184. The van der Waals surface area contributed by atoms with Crippen molar-refractivity contribution in [3.8, 4) is 0 Å². The molecule has 6 nitrogen and oxygen atoms in total. The first kappa shape index (κ1) is 17.6. The van der Waals surface area contributed by atoms with Gasteiger partial charge in [-0.3, -0.25) is 14.2 Å². The van der Waals surface area contributed by atoms with Crippen molar-refractivity contribution < 1.29 is 23.2 Å². The standard InChI is InChI=1S/C11H24NO5P/c1-5-6-9-17-12(11(2)13)8-7-10-18(14,15-3)16-4/h5-10H2,1-4H3. The quantitative estimate of drug-likeness (QED) is 0.349. The third kappa shape index (κ3) is 7.11. The Bertz CT molecular complexity index is 277. The summed E-state index contributed by atoms with van der Waals surface area (Å²) in [6.07, 6.45) is 2.68. The first-order valence-corrected chi connectivity index (χ1v) is 7.83. The van der Waals surface area contributed by atoms with Gasteiger partial charge in [-0.15, -0.1) is 0 Å². The van der Waals surface area contributed by atoms with Gasteiger partial charge in [0, 0.05) is 27.7 Å². The van der Waals surface area contributed by atoms with E-state index in [1.54, 1.807) is 0 Å². The topological polar surface area (TPSA) is 65.1 Å². The van der Waals surface area contributed by atoms with E-state index in [0.717, 1.165) is 12.8 Å². The van der Waals surface area contributed by atoms with Crippen molar-refractivity contribution >= 4 is 13.5 Å². The lowest BCUT2D eigenvalue weighted by Crippen LogP contribution is -2.31. The van der Waals surface area contributed by atoms with Gasteiger partial charge in [0.1, 0.15) is 0 Å². The van der Waals surface area contributed by atoms with Crippen LogP contribution in [0.1, 0.15) is 33.1 Å². The van der Waals surface area contributed by atoms with Crippen LogP contribution in [0.3, 0.4) is 0 Å². The van der Waals surface area contributed by atoms with Crippen LogP contribution < -0.4 is 0 Å². The van der Waals surface area contributed by atoms with Gasteiger partial charge >= 0.3 is 7.60 Å². The molecule has 0 aromatic rings. The molecule has 7 heteroatoms. The highest BCUT2D eigenvalue weighted by atomic mass is 31.2. The number of carbonyl (C=O) groups excluding carboxylic acids is 1. The molecule has 0 heterocycles. The molecule has 0 aromatic carbocycles. The second kappa shape index (κ2) is 9.50. The van der Waals surface area contributed by atoms with Gasteiger partial charge in [0.05, 0.1) is 12.8 Å². The van der Waals surface area contributed by atoms with Crippen LogP contribution in [0.5, 0.6) is 0 Å². The molecule has 0 saturated heterocycles. The fraction of sp³-hybridized carbons (Fsp3) is 0.909. The average Bonchev–Trinajstić information content (AvgIpc) is 2.36. The fourth-order valence-electron chi connectivity index (χ4n) is 1.30. The number of amides is 1. The summed E-state index contributed by atoms with van der Waals surface area (Å²) >= 11 is 0. The second-order valence-corrected chi connectivity index (χ2v) is 6.26. The monoisotopic (exact) mass is 281 g/mol. The molecule has 0 saturated carbocycles. The number of hydroxylamine groups is 2. The Morgan fingerprint density at radius 1 is 1.22 bits per heavy atom. The van der Waals surface area contributed by atoms with Gasteiger partial charge in [0.25, 0.3) is 0 Å². The van der Waals surface area contributed by atoms with E-state index in [0.29, 0.717) is 19.6 Å². The van der Waals surface area contributed by atoms with E-state index in [9.17, 15) is 9.36 Å². The zero-order valence-electron chi connectivity index (χ0n) is 11.7. The van der Waals surface area contributed by atoms with Gasteiger partial charge in [-0.2, -0.15) is 0 Å². The molecule has 1 amide bonds. The predicted octanol–water partition coefficient (Wildman–Crippen LogP) is 2.44. The lowest BCUT2D eigenvalue weighted by Gasteiger charge is -2.21. The van der Waals surface area contributed by atoms with Crippen molar-refractivity contribution in [2.24, 2.45) is 0 Å². The van der Waals surface area contributed by atoms with E-state index in [1.165, 1.54) is 26.2 Å². The van der Waals surface area contributed by atoms with Crippen molar-refractivity contribution in [3.05, 3.63) is 0 Å². The highest BCUT2D eigenvalue weighted by Crippen LogP contribution is 2.46. The van der Waals surface area contributed by atoms with E-state index in [-0.39, 0.29) is 12.1 Å². The highest BCUT2D eigenvalue weighted by molar-refractivity contribution is 7.53. The third-order valence-corrected chi connectivity index (χ3v) is 4.42. The van der Waals surface area contributed by atoms with Gasteiger partial charge in [-0.1, -0.05) is 13.3 Å². The summed E-state index contributed by atoms with van der Waals surface area (Å²) in [7, 11) is -0.289. The molecular formula is C11H24NO5P. The van der Waals surface area contributed by atoms with Gasteiger partial charge in [0.2, 0.25) is 5.91 Å². The van der Waals surface area contributed by atoms with Crippen molar-refractivity contribution in [3.63, 3.8) is 0 Å². The average molecular weight is 281 g/mol. The zero-order valence-corrected chi connectivity index (χ0v) is 12.6. The molecule has 0 atom stereocenters. The summed E-state index contributed by atoms with van der Waals surface area (Å²) in [4.78, 5) is 16.6. The van der Waals surface area contributed by atoms with Crippen LogP contribution in [0.2, 0.25) is 0 Å². The maximum atomic E-state index is 11.8. The van der Waals surface area contributed by atoms with Gasteiger partial charge < -0.3 is 9.05 Å². The SMILES string of the molecule is CCCCON(CCCP(=O)(OC)OC)C(C)=O. The van der Waals surface area contributed by atoms with E-state index >= 15 is 0 Å². The summed E-state index contributed by atoms with van der Waals surface area (Å²) in [6, 6.07) is 0. The molecule has 0 radical (unpaired) electrons. The Balaban J connectivity index is 4.04. The normalized spacial score (nSPS) is 11.6. The Morgan fingerprint density at radius 2 is 1.83 bits per heavy atom. The van der Waals surface area contributed by atoms with Gasteiger partial charge in [-0.05, 0) is 12.8 Å². The van der Waals surface area contributed by atoms with Crippen LogP contribution in [-0.2, 0) is 23.2 Å². The molecule has 0 aromatic heterocycles. The summed E-state index contributed by atoms with van der Waals surface area (Å²) in [5.74, 6) is -0.157. The minimum Gasteiger partial charge on any atom is -0.312 e. The molecule has 0 aliphatic carbocycles. The smallest absolute Gasteiger partial charge is 0.312 e. The molecule has 0 N–H and O–H groups in total. The predicted molar refractivity (Wildman–Crippen MR) is 69.4 cm³/mol. The lowest BCUT2D eigenvalue weighted by atomic mass is 10.4. The van der Waals surface area contributed by atoms with Crippen LogP contribution in [0.4, 0.5) is 0 Å². The summed E-state index contributed by atoms with van der Waals surface area (Å²) in [5, 5.41) is 1.30. The van der Waals surface area contributed by atoms with Crippen LogP contribution in [-0.4, -0.2) is 44.5 Å². The molecule has 0 rings (SSSR count). The van der Waals surface area contributed by atoms with Crippen LogP contribution in [0, 0.1) is 0 Å². The summed E-state index contributed by atoms with van der Waals surface area (Å²) in [5.41, 5.74) is 0. The van der Waals surface area contributed by atoms with Crippen molar-refractivity contribution in [2.45, 2.75) is 33.1 Å². The maximum Gasteiger partial charge on any atom is 0.330 e. The zero-order chi connectivity index (χ0) is 14.0. The van der Waals surface area contributed by atoms with E-state index < -0.39 is 7.60 Å². The number of hydrogen-bond donors (Lipinski definition) is 0. The van der Waals surface area contributed by atoms with E-state index in [4.69, 9.17) is 13.9 Å². The van der Waals surface area contributed by atoms with Crippen LogP contribution in [0.25, 0.3) is 0 Å². The Labute approximate surface area is 109 Å². The molecule has 0 aliphatic rings. The van der Waals surface area contributed by atoms with Crippen molar-refractivity contribution in [2.75, 3.05) is 33.5 Å². The van der Waals surface area contributed by atoms with Crippen molar-refractivity contribution in [1.29, 1.82) is 0 Å². The second-order valence-electron chi connectivity index (χ2n) is 3.86. The first-order chi connectivity index (χ1) is 8.49. The maximum absolute atomic E-state index is 11.8. The molecule has 0 bridgehead atoms. The van der Waals surface area contributed by atoms with Crippen molar-refractivity contribution in [1.82, 2.24) is 5.06 Å². The number of rotatable bonds is 10. The van der Waals surface area contributed by atoms with E-state index in [1.807, 2.05) is 0 Å². The molecular weight excluding hydrogens is 257 g/mol. The fourth-order valence-corrected chi connectivity index (χ4v) is 2.34. The van der Waals surface area contributed by atoms with Gasteiger partial charge in [-0.25, -0.2) is 5.06 Å². The summed E-state index contributed by atoms with van der Waals surface area (Å²) in [6.45, 7) is 4.39. The minimum absolute atomic E-state index is 0.157. The van der Waals surface area contributed by atoms with Crippen LogP contribution in [0.15, 0.2) is 0 Å². The molecule has 18 heavy (non-hydrogen) atoms. The minimum atomic E-state index is -2.99. The number of unbranched alkanes of at least 4 members (excludes halogenated alkanes) is 1. The summed E-state index contributed by atoms with van der Waals surface area (Å²) < 4.78 is 21.4. The first-order valence-electron chi connectivity index (χ1n) is 6.10. The molecule has 0 unspecified atom stereocenters. The molecule has 0 aliphatic heterocycles. The molecule has 0 fully saturated rings. The largest absolute Gasteiger partial charge is 0.330 e. The Hall–Kier alpha value is -0.420. The third-order valence-electron chi connectivity index (χ3n) is 2.45. The Morgan fingerprint density at radius 3 is 2.28 bits per heavy atom. The van der Waals surface area contributed by atoms with Gasteiger partial charge in [0.15, 0.2) is 0 Å². The number of nitrogens with zero attached hydrogens (tertiary/aromatic N) is 1. The number of hydrogen-bond acceptors (Lipinski definition) is 5. The van der Waals surface area contributed by atoms with E-state index in [2.05, 4.69) is 6.92 Å².